The first-order valence-electron chi connectivity index (χ1n) is 6.64. The highest BCUT2D eigenvalue weighted by atomic mass is 19.4. The fourth-order valence-corrected chi connectivity index (χ4v) is 2.02. The van der Waals surface area contributed by atoms with Crippen LogP contribution in [0.1, 0.15) is 26.1 Å². The van der Waals surface area contributed by atoms with E-state index in [2.05, 4.69) is 10.3 Å². The molecule has 0 saturated heterocycles. The number of amides is 1. The molecule has 2 rings (SSSR count). The number of rotatable bonds is 4. The summed E-state index contributed by atoms with van der Waals surface area (Å²) in [7, 11) is 0. The fraction of sp³-hybridized carbons (Fsp3) is 0.429. The second kappa shape index (κ2) is 5.75. The van der Waals surface area contributed by atoms with Crippen LogP contribution in [0.15, 0.2) is 24.3 Å². The van der Waals surface area contributed by atoms with Crippen LogP contribution in [0.25, 0.3) is 11.0 Å². The van der Waals surface area contributed by atoms with Crippen molar-refractivity contribution in [1.29, 1.82) is 0 Å². The minimum absolute atomic E-state index is 0.0818. The molecule has 2 aromatic rings. The number of carbonyl (C=O) groups is 1. The van der Waals surface area contributed by atoms with Crippen LogP contribution in [-0.4, -0.2) is 21.5 Å². The van der Waals surface area contributed by atoms with Crippen molar-refractivity contribution in [3.8, 4) is 0 Å². The van der Waals surface area contributed by atoms with Gasteiger partial charge in [-0.05, 0) is 25.5 Å². The van der Waals surface area contributed by atoms with Crippen molar-refractivity contribution in [2.24, 2.45) is 0 Å². The fourth-order valence-electron chi connectivity index (χ4n) is 2.02. The van der Waals surface area contributed by atoms with Gasteiger partial charge in [0.25, 0.3) is 0 Å². The van der Waals surface area contributed by atoms with Crippen LogP contribution in [0.4, 0.5) is 13.2 Å². The van der Waals surface area contributed by atoms with Crippen molar-refractivity contribution in [2.45, 2.75) is 39.0 Å². The molecule has 1 aromatic heterocycles. The highest BCUT2D eigenvalue weighted by Crippen LogP contribution is 2.31. The molecule has 21 heavy (non-hydrogen) atoms. The molecule has 0 fully saturated rings. The number of alkyl halides is 3. The maximum atomic E-state index is 13.1. The van der Waals surface area contributed by atoms with E-state index in [-0.39, 0.29) is 11.6 Å². The van der Waals surface area contributed by atoms with Crippen LogP contribution in [0.5, 0.6) is 0 Å². The van der Waals surface area contributed by atoms with Crippen molar-refractivity contribution in [3.05, 3.63) is 30.1 Å². The third-order valence-corrected chi connectivity index (χ3v) is 3.23. The number of aromatic nitrogens is 2. The molecule has 114 valence electrons. The standard InChI is InChI=1S/C14H16F3N3O/c1-3-9(2)18-12(21)8-20-11-7-5-4-6-10(11)19-13(20)14(15,16)17/h4-7,9H,3,8H2,1-2H3,(H,18,21). The predicted molar refractivity (Wildman–Crippen MR) is 72.6 cm³/mol. The van der Waals surface area contributed by atoms with Crippen LogP contribution in [0.3, 0.4) is 0 Å². The van der Waals surface area contributed by atoms with Gasteiger partial charge in [-0.1, -0.05) is 19.1 Å². The number of imidazole rings is 1. The summed E-state index contributed by atoms with van der Waals surface area (Å²) in [6, 6.07) is 6.16. The Labute approximate surface area is 120 Å². The summed E-state index contributed by atoms with van der Waals surface area (Å²) in [6.45, 7) is 3.28. The number of fused-ring (bicyclic) bond motifs is 1. The monoisotopic (exact) mass is 299 g/mol. The first-order valence-corrected chi connectivity index (χ1v) is 6.64. The van der Waals surface area contributed by atoms with Gasteiger partial charge in [-0.15, -0.1) is 0 Å². The Bertz CT molecular complexity index is 648. The van der Waals surface area contributed by atoms with Gasteiger partial charge in [0.1, 0.15) is 6.54 Å². The first-order chi connectivity index (χ1) is 9.82. The molecule has 7 heteroatoms. The maximum Gasteiger partial charge on any atom is 0.449 e. The number of carbonyl (C=O) groups excluding carboxylic acids is 1. The van der Waals surface area contributed by atoms with E-state index in [9.17, 15) is 18.0 Å². The minimum Gasteiger partial charge on any atom is -0.352 e. The lowest BCUT2D eigenvalue weighted by Gasteiger charge is -2.14. The maximum absolute atomic E-state index is 13.1. The Morgan fingerprint density at radius 1 is 1.38 bits per heavy atom. The van der Waals surface area contributed by atoms with Crippen molar-refractivity contribution in [3.63, 3.8) is 0 Å². The molecule has 0 radical (unpaired) electrons. The molecule has 4 nitrogen and oxygen atoms in total. The molecule has 0 saturated carbocycles. The molecule has 1 unspecified atom stereocenters. The molecule has 0 aliphatic carbocycles. The Kier molecular flexibility index (Phi) is 4.20. The van der Waals surface area contributed by atoms with Gasteiger partial charge in [0.15, 0.2) is 0 Å². The van der Waals surface area contributed by atoms with Crippen LogP contribution in [0, 0.1) is 0 Å². The summed E-state index contributed by atoms with van der Waals surface area (Å²) < 4.78 is 40.1. The van der Waals surface area contributed by atoms with Crippen LogP contribution in [0.2, 0.25) is 0 Å². The van der Waals surface area contributed by atoms with E-state index in [1.807, 2.05) is 6.92 Å². The number of para-hydroxylation sites is 2. The largest absolute Gasteiger partial charge is 0.449 e. The van der Waals surface area contributed by atoms with Gasteiger partial charge in [0.05, 0.1) is 11.0 Å². The van der Waals surface area contributed by atoms with Gasteiger partial charge in [-0.25, -0.2) is 4.98 Å². The lowest BCUT2D eigenvalue weighted by molar-refractivity contribution is -0.147. The van der Waals surface area contributed by atoms with Crippen molar-refractivity contribution in [1.82, 2.24) is 14.9 Å². The molecular weight excluding hydrogens is 283 g/mol. The van der Waals surface area contributed by atoms with E-state index < -0.39 is 24.5 Å². The molecular formula is C14H16F3N3O. The van der Waals surface area contributed by atoms with Gasteiger partial charge >= 0.3 is 6.18 Å². The Morgan fingerprint density at radius 3 is 2.67 bits per heavy atom. The van der Waals surface area contributed by atoms with E-state index in [4.69, 9.17) is 0 Å². The van der Waals surface area contributed by atoms with Gasteiger partial charge in [-0.3, -0.25) is 4.79 Å². The van der Waals surface area contributed by atoms with Gasteiger partial charge in [-0.2, -0.15) is 13.2 Å². The third kappa shape index (κ3) is 3.34. The lowest BCUT2D eigenvalue weighted by atomic mass is 10.2. The number of hydrogen-bond acceptors (Lipinski definition) is 2. The lowest BCUT2D eigenvalue weighted by Crippen LogP contribution is -2.35. The quantitative estimate of drug-likeness (QED) is 0.943. The molecule has 1 N–H and O–H groups in total. The summed E-state index contributed by atoms with van der Waals surface area (Å²) in [5.74, 6) is -1.51. The second-order valence-electron chi connectivity index (χ2n) is 4.88. The zero-order chi connectivity index (χ0) is 15.6. The van der Waals surface area contributed by atoms with Crippen molar-refractivity contribution < 1.29 is 18.0 Å². The van der Waals surface area contributed by atoms with Gasteiger partial charge in [0, 0.05) is 6.04 Å². The minimum atomic E-state index is -4.60. The topological polar surface area (TPSA) is 46.9 Å². The van der Waals surface area contributed by atoms with Crippen LogP contribution in [-0.2, 0) is 17.5 Å². The zero-order valence-electron chi connectivity index (χ0n) is 11.7. The molecule has 0 aliphatic heterocycles. The summed E-state index contributed by atoms with van der Waals surface area (Å²) in [6.07, 6.45) is -3.89. The van der Waals surface area contributed by atoms with E-state index in [1.54, 1.807) is 19.1 Å². The summed E-state index contributed by atoms with van der Waals surface area (Å²) in [4.78, 5) is 15.5. The van der Waals surface area contributed by atoms with Crippen LogP contribution < -0.4 is 5.32 Å². The second-order valence-corrected chi connectivity index (χ2v) is 4.88. The summed E-state index contributed by atoms with van der Waals surface area (Å²) >= 11 is 0. The molecule has 0 spiro atoms. The Balaban J connectivity index is 2.39. The van der Waals surface area contributed by atoms with Gasteiger partial charge < -0.3 is 9.88 Å². The van der Waals surface area contributed by atoms with E-state index in [0.29, 0.717) is 11.9 Å². The van der Waals surface area contributed by atoms with E-state index >= 15 is 0 Å². The number of hydrogen-bond donors (Lipinski definition) is 1. The van der Waals surface area contributed by atoms with Crippen LogP contribution >= 0.6 is 0 Å². The smallest absolute Gasteiger partial charge is 0.352 e. The summed E-state index contributed by atoms with van der Waals surface area (Å²) in [5.41, 5.74) is 0.519. The van der Waals surface area contributed by atoms with Crippen molar-refractivity contribution >= 4 is 16.9 Å². The average Bonchev–Trinajstić information content (AvgIpc) is 2.77. The molecule has 0 bridgehead atoms. The van der Waals surface area contributed by atoms with E-state index in [1.165, 1.54) is 12.1 Å². The predicted octanol–water partition coefficient (Wildman–Crippen LogP) is 2.97. The van der Waals surface area contributed by atoms with Gasteiger partial charge in [0.2, 0.25) is 11.7 Å². The molecule has 1 aromatic carbocycles. The number of benzene rings is 1. The average molecular weight is 299 g/mol. The first kappa shape index (κ1) is 15.3. The normalized spacial score (nSPS) is 13.4. The summed E-state index contributed by atoms with van der Waals surface area (Å²) in [5, 5.41) is 2.66. The molecule has 1 atom stereocenters. The third-order valence-electron chi connectivity index (χ3n) is 3.23. The number of halogens is 3. The van der Waals surface area contributed by atoms with E-state index in [0.717, 1.165) is 4.57 Å². The molecule has 1 heterocycles. The number of nitrogens with one attached hydrogen (secondary N) is 1. The highest BCUT2D eigenvalue weighted by Gasteiger charge is 2.37. The SMILES string of the molecule is CCC(C)NC(=O)Cn1c(C(F)(F)F)nc2ccccc21. The molecule has 0 aliphatic rings. The Morgan fingerprint density at radius 2 is 2.05 bits per heavy atom. The zero-order valence-corrected chi connectivity index (χ0v) is 11.7. The number of nitrogens with zero attached hydrogens (tertiary/aromatic N) is 2. The Hall–Kier alpha value is -2.05. The molecule has 1 amide bonds. The van der Waals surface area contributed by atoms with Crippen molar-refractivity contribution in [2.75, 3.05) is 0 Å². The highest BCUT2D eigenvalue weighted by molar-refractivity contribution is 5.81.